The molecule has 4 heterocycles. The Balaban J connectivity index is 1.55. The number of hydrogen-bond acceptors (Lipinski definition) is 5. The number of sulfonamides is 1. The Bertz CT molecular complexity index is 1020. The van der Waals surface area contributed by atoms with Crippen LogP contribution in [0.2, 0.25) is 0 Å². The van der Waals surface area contributed by atoms with Gasteiger partial charge in [0.05, 0.1) is 16.0 Å². The Labute approximate surface area is 172 Å². The molecule has 6 rings (SSSR count). The molecule has 2 atom stereocenters. The van der Waals surface area contributed by atoms with E-state index < -0.39 is 10.0 Å². The Kier molecular flexibility index (Phi) is 4.49. The number of rotatable bonds is 4. The van der Waals surface area contributed by atoms with Crippen molar-refractivity contribution in [3.63, 3.8) is 0 Å². The minimum atomic E-state index is -3.69. The molecular formula is C22H26N4O2S. The Morgan fingerprint density at radius 1 is 0.966 bits per heavy atom. The minimum absolute atomic E-state index is 0.237. The largest absolute Gasteiger partial charge is 0.300 e. The van der Waals surface area contributed by atoms with Crippen LogP contribution < -0.4 is 4.83 Å². The lowest BCUT2D eigenvalue weighted by Gasteiger charge is -2.50. The first kappa shape index (κ1) is 18.8. The molecule has 7 heteroatoms. The van der Waals surface area contributed by atoms with Crippen molar-refractivity contribution < 1.29 is 8.42 Å². The highest BCUT2D eigenvalue weighted by Gasteiger charge is 2.53. The summed E-state index contributed by atoms with van der Waals surface area (Å²) >= 11 is 0. The zero-order valence-corrected chi connectivity index (χ0v) is 17.4. The summed E-state index contributed by atoms with van der Waals surface area (Å²) in [6.45, 7) is 7.72. The molecule has 0 saturated carbocycles. The molecule has 0 radical (unpaired) electrons. The lowest BCUT2D eigenvalue weighted by molar-refractivity contribution is 0.163. The number of benzene rings is 2. The first-order valence-electron chi connectivity index (χ1n) is 10.1. The van der Waals surface area contributed by atoms with E-state index in [1.165, 1.54) is 5.56 Å². The van der Waals surface area contributed by atoms with Gasteiger partial charge >= 0.3 is 0 Å². The maximum atomic E-state index is 12.8. The van der Waals surface area contributed by atoms with Gasteiger partial charge in [-0.05, 0) is 24.6 Å². The second-order valence-electron chi connectivity index (χ2n) is 8.52. The third-order valence-corrected chi connectivity index (χ3v) is 7.72. The van der Waals surface area contributed by atoms with Gasteiger partial charge in [0, 0.05) is 45.2 Å². The van der Waals surface area contributed by atoms with E-state index >= 15 is 0 Å². The summed E-state index contributed by atoms with van der Waals surface area (Å²) in [4.78, 5) is 7.83. The number of nitrogens with one attached hydrogen (secondary N) is 1. The molecule has 2 unspecified atom stereocenters. The molecule has 0 aromatic heterocycles. The molecule has 0 spiro atoms. The molecule has 29 heavy (non-hydrogen) atoms. The summed E-state index contributed by atoms with van der Waals surface area (Å²) in [6, 6.07) is 17.3. The average molecular weight is 411 g/mol. The zero-order chi connectivity index (χ0) is 20.1. The van der Waals surface area contributed by atoms with Crippen LogP contribution in [0, 0.1) is 12.8 Å². The molecule has 6 nitrogen and oxygen atoms in total. The van der Waals surface area contributed by atoms with Gasteiger partial charge in [-0.3, -0.25) is 0 Å². The molecule has 4 fully saturated rings. The lowest BCUT2D eigenvalue weighted by atomic mass is 9.66. The van der Waals surface area contributed by atoms with Crippen molar-refractivity contribution in [1.29, 1.82) is 0 Å². The first-order valence-corrected chi connectivity index (χ1v) is 11.6. The predicted octanol–water partition coefficient (Wildman–Crippen LogP) is 1.83. The fourth-order valence-electron chi connectivity index (χ4n) is 5.14. The highest BCUT2D eigenvalue weighted by Crippen LogP contribution is 2.41. The maximum Gasteiger partial charge on any atom is 0.276 e. The fraction of sp³-hybridized carbons (Fsp3) is 0.409. The number of aryl methyl sites for hydroxylation is 1. The highest BCUT2D eigenvalue weighted by atomic mass is 32.2. The van der Waals surface area contributed by atoms with Gasteiger partial charge in [-0.2, -0.15) is 13.5 Å². The fourth-order valence-corrected chi connectivity index (χ4v) is 5.96. The van der Waals surface area contributed by atoms with Crippen molar-refractivity contribution >= 4 is 15.7 Å². The number of hydrazone groups is 1. The summed E-state index contributed by atoms with van der Waals surface area (Å²) in [5, 5.41) is 4.61. The molecule has 2 aromatic rings. The zero-order valence-electron chi connectivity index (χ0n) is 16.6. The van der Waals surface area contributed by atoms with Crippen molar-refractivity contribution in [2.24, 2.45) is 11.0 Å². The van der Waals surface area contributed by atoms with Crippen LogP contribution in [0.25, 0.3) is 0 Å². The van der Waals surface area contributed by atoms with Gasteiger partial charge in [0.25, 0.3) is 10.0 Å². The highest BCUT2D eigenvalue weighted by molar-refractivity contribution is 7.89. The van der Waals surface area contributed by atoms with E-state index in [2.05, 4.69) is 44.0 Å². The Hall–Kier alpha value is -2.22. The molecule has 0 amide bonds. The second-order valence-corrected chi connectivity index (χ2v) is 10.2. The third kappa shape index (κ3) is 3.27. The van der Waals surface area contributed by atoms with E-state index in [-0.39, 0.29) is 16.2 Å². The minimum Gasteiger partial charge on any atom is -0.300 e. The molecule has 4 aliphatic heterocycles. The van der Waals surface area contributed by atoms with Crippen molar-refractivity contribution in [3.8, 4) is 0 Å². The van der Waals surface area contributed by atoms with Crippen molar-refractivity contribution in [2.45, 2.75) is 17.2 Å². The first-order chi connectivity index (χ1) is 14.0. The van der Waals surface area contributed by atoms with Gasteiger partial charge in [-0.1, -0.05) is 48.0 Å². The van der Waals surface area contributed by atoms with Gasteiger partial charge in [-0.25, -0.2) is 4.83 Å². The summed E-state index contributed by atoms with van der Waals surface area (Å²) in [5.74, 6) is 0.237. The van der Waals surface area contributed by atoms with Crippen molar-refractivity contribution in [2.75, 3.05) is 39.3 Å². The number of piperidine rings is 2. The van der Waals surface area contributed by atoms with E-state index in [0.717, 1.165) is 50.5 Å². The summed E-state index contributed by atoms with van der Waals surface area (Å²) in [7, 11) is -3.69. The summed E-state index contributed by atoms with van der Waals surface area (Å²) < 4.78 is 25.7. The third-order valence-electron chi connectivity index (χ3n) is 6.50. The average Bonchev–Trinajstić information content (AvgIpc) is 2.96. The van der Waals surface area contributed by atoms with Crippen LogP contribution in [-0.2, 0) is 15.4 Å². The molecule has 2 aromatic carbocycles. The molecule has 1 N–H and O–H groups in total. The van der Waals surface area contributed by atoms with E-state index in [4.69, 9.17) is 0 Å². The maximum absolute atomic E-state index is 12.8. The number of hydrogen-bond donors (Lipinski definition) is 1. The summed E-state index contributed by atoms with van der Waals surface area (Å²) in [5.41, 5.74) is 2.95. The summed E-state index contributed by atoms with van der Waals surface area (Å²) in [6.07, 6.45) is 0. The van der Waals surface area contributed by atoms with Gasteiger partial charge in [0.15, 0.2) is 0 Å². The van der Waals surface area contributed by atoms with E-state index in [9.17, 15) is 8.42 Å². The van der Waals surface area contributed by atoms with Crippen LogP contribution in [-0.4, -0.2) is 63.2 Å². The van der Waals surface area contributed by atoms with Gasteiger partial charge in [-0.15, -0.1) is 0 Å². The van der Waals surface area contributed by atoms with Crippen LogP contribution in [0.4, 0.5) is 0 Å². The van der Waals surface area contributed by atoms with Gasteiger partial charge in [0.2, 0.25) is 0 Å². The van der Waals surface area contributed by atoms with E-state index in [0.29, 0.717) is 0 Å². The van der Waals surface area contributed by atoms with Crippen LogP contribution in [0.3, 0.4) is 0 Å². The van der Waals surface area contributed by atoms with E-state index in [1.807, 2.05) is 13.0 Å². The van der Waals surface area contributed by atoms with Crippen LogP contribution in [0.1, 0.15) is 11.1 Å². The standard InChI is InChI=1S/C22H26N4O2S/c1-17-7-9-20(10-8-17)29(27,28)24-23-21-18-13-25-11-12-26(14-18)16-22(21,15-25)19-5-3-2-4-6-19/h2-10,18,24H,11-16H2,1H3/b23-21+. The van der Waals surface area contributed by atoms with Gasteiger partial charge < -0.3 is 9.80 Å². The van der Waals surface area contributed by atoms with Crippen LogP contribution in [0.15, 0.2) is 64.6 Å². The molecule has 152 valence electrons. The van der Waals surface area contributed by atoms with E-state index in [1.54, 1.807) is 24.3 Å². The molecule has 4 bridgehead atoms. The normalized spacial score (nSPS) is 32.3. The van der Waals surface area contributed by atoms with Crippen LogP contribution in [0.5, 0.6) is 0 Å². The van der Waals surface area contributed by atoms with Gasteiger partial charge in [0.1, 0.15) is 0 Å². The molecule has 4 aliphatic rings. The second kappa shape index (κ2) is 6.93. The van der Waals surface area contributed by atoms with Crippen LogP contribution >= 0.6 is 0 Å². The molecule has 4 saturated heterocycles. The monoisotopic (exact) mass is 410 g/mol. The lowest BCUT2D eigenvalue weighted by Crippen LogP contribution is -2.64. The molecular weight excluding hydrogens is 384 g/mol. The predicted molar refractivity (Wildman–Crippen MR) is 113 cm³/mol. The Morgan fingerprint density at radius 3 is 2.21 bits per heavy atom. The number of nitrogens with zero attached hydrogens (tertiary/aromatic N) is 3. The quantitative estimate of drug-likeness (QED) is 0.781. The Morgan fingerprint density at radius 2 is 1.59 bits per heavy atom. The number of fused-ring (bicyclic) bond motifs is 1. The van der Waals surface area contributed by atoms with Crippen molar-refractivity contribution in [3.05, 3.63) is 65.7 Å². The smallest absolute Gasteiger partial charge is 0.276 e. The topological polar surface area (TPSA) is 65.0 Å². The SMILES string of the molecule is Cc1ccc(S(=O)(=O)N/N=C2\C3CN4CCN(C3)CC2(c2ccccc2)C4)cc1. The van der Waals surface area contributed by atoms with Crippen molar-refractivity contribution in [1.82, 2.24) is 14.6 Å². The molecule has 0 aliphatic carbocycles.